The number of piperazine rings is 1. The van der Waals surface area contributed by atoms with Crippen LogP contribution in [0.3, 0.4) is 0 Å². The molecule has 3 heterocycles. The second-order valence-corrected chi connectivity index (χ2v) is 6.98. The van der Waals surface area contributed by atoms with Crippen molar-refractivity contribution in [1.82, 2.24) is 30.1 Å². The van der Waals surface area contributed by atoms with Crippen molar-refractivity contribution < 1.29 is 0 Å². The molecule has 1 N–H and O–H groups in total. The molecule has 7 heteroatoms. The Bertz CT molecular complexity index is 594. The maximum absolute atomic E-state index is 4.64. The summed E-state index contributed by atoms with van der Waals surface area (Å²) in [5, 5.41) is 6.60. The maximum Gasteiger partial charge on any atom is 0.143 e. The van der Waals surface area contributed by atoms with E-state index in [1.165, 1.54) is 13.1 Å². The largest absolute Gasteiger partial charge is 0.307 e. The van der Waals surface area contributed by atoms with Gasteiger partial charge in [0.2, 0.25) is 0 Å². The third kappa shape index (κ3) is 4.78. The topological polar surface area (TPSA) is 57.2 Å². The molecule has 0 aliphatic carbocycles. The average Bonchev–Trinajstić information content (AvgIpc) is 3.05. The fraction of sp³-hybridized carbons (Fsp3) is 0.562. The summed E-state index contributed by atoms with van der Waals surface area (Å²) in [5.41, 5.74) is 1.91. The lowest BCUT2D eigenvalue weighted by Gasteiger charge is -2.34. The molecule has 0 aromatic carbocycles. The van der Waals surface area contributed by atoms with Crippen LogP contribution in [0.4, 0.5) is 0 Å². The Balaban J connectivity index is 1.46. The lowest BCUT2D eigenvalue weighted by atomic mass is 10.2. The van der Waals surface area contributed by atoms with Crippen LogP contribution in [0.5, 0.6) is 0 Å². The molecule has 124 valence electrons. The van der Waals surface area contributed by atoms with Gasteiger partial charge in [-0.15, -0.1) is 11.3 Å². The lowest BCUT2D eigenvalue weighted by molar-refractivity contribution is 0.144. The normalized spacial score (nSPS) is 18.2. The fourth-order valence-corrected chi connectivity index (χ4v) is 3.46. The minimum Gasteiger partial charge on any atom is -0.307 e. The van der Waals surface area contributed by atoms with Gasteiger partial charge < -0.3 is 10.2 Å². The van der Waals surface area contributed by atoms with E-state index in [0.717, 1.165) is 42.6 Å². The Morgan fingerprint density at radius 2 is 2.09 bits per heavy atom. The zero-order valence-corrected chi connectivity index (χ0v) is 14.6. The lowest BCUT2D eigenvalue weighted by Crippen LogP contribution is -2.48. The number of rotatable bonds is 6. The van der Waals surface area contributed by atoms with Crippen molar-refractivity contribution in [2.75, 3.05) is 39.8 Å². The van der Waals surface area contributed by atoms with E-state index in [2.05, 4.69) is 49.4 Å². The van der Waals surface area contributed by atoms with E-state index in [9.17, 15) is 0 Å². The molecule has 2 aromatic heterocycles. The van der Waals surface area contributed by atoms with Gasteiger partial charge in [0.15, 0.2) is 0 Å². The number of thiazole rings is 1. The Kier molecular flexibility index (Phi) is 5.66. The van der Waals surface area contributed by atoms with Gasteiger partial charge in [-0.2, -0.15) is 0 Å². The minimum atomic E-state index is 0.458. The van der Waals surface area contributed by atoms with Crippen molar-refractivity contribution in [3.63, 3.8) is 0 Å². The number of nitrogens with one attached hydrogen (secondary N) is 1. The Morgan fingerprint density at radius 1 is 1.26 bits per heavy atom. The second kappa shape index (κ2) is 7.92. The summed E-state index contributed by atoms with van der Waals surface area (Å²) >= 11 is 1.62. The fourth-order valence-electron chi connectivity index (χ4n) is 2.68. The molecule has 1 saturated heterocycles. The van der Waals surface area contributed by atoms with Crippen LogP contribution in [0.2, 0.25) is 0 Å². The summed E-state index contributed by atoms with van der Waals surface area (Å²) < 4.78 is 0. The van der Waals surface area contributed by atoms with Crippen LogP contribution < -0.4 is 5.32 Å². The van der Waals surface area contributed by atoms with Crippen molar-refractivity contribution in [3.05, 3.63) is 29.7 Å². The Morgan fingerprint density at radius 3 is 2.83 bits per heavy atom. The predicted molar refractivity (Wildman–Crippen MR) is 93.4 cm³/mol. The minimum absolute atomic E-state index is 0.458. The summed E-state index contributed by atoms with van der Waals surface area (Å²) in [5.74, 6) is 0. The molecule has 3 rings (SSSR count). The second-order valence-electron chi connectivity index (χ2n) is 6.12. The first-order valence-corrected chi connectivity index (χ1v) is 8.94. The molecule has 2 aromatic rings. The van der Waals surface area contributed by atoms with Gasteiger partial charge in [0.05, 0.1) is 11.9 Å². The highest BCUT2D eigenvalue weighted by molar-refractivity contribution is 7.13. The van der Waals surface area contributed by atoms with Gasteiger partial charge in [-0.3, -0.25) is 14.9 Å². The smallest absolute Gasteiger partial charge is 0.143 e. The molecular weight excluding hydrogens is 308 g/mol. The number of nitrogens with zero attached hydrogens (tertiary/aromatic N) is 5. The monoisotopic (exact) mass is 332 g/mol. The first-order chi connectivity index (χ1) is 11.2. The molecule has 6 nitrogen and oxygen atoms in total. The summed E-state index contributed by atoms with van der Waals surface area (Å²) in [6.07, 6.45) is 5.14. The van der Waals surface area contributed by atoms with Crippen LogP contribution in [0.25, 0.3) is 10.7 Å². The van der Waals surface area contributed by atoms with Crippen molar-refractivity contribution in [2.45, 2.75) is 19.5 Å². The van der Waals surface area contributed by atoms with Crippen molar-refractivity contribution >= 4 is 11.3 Å². The highest BCUT2D eigenvalue weighted by Gasteiger charge is 2.16. The van der Waals surface area contributed by atoms with E-state index in [-0.39, 0.29) is 0 Å². The quantitative estimate of drug-likeness (QED) is 0.861. The molecule has 0 amide bonds. The highest BCUT2D eigenvalue weighted by Crippen LogP contribution is 2.20. The average molecular weight is 332 g/mol. The zero-order valence-electron chi connectivity index (χ0n) is 13.8. The van der Waals surface area contributed by atoms with Crippen LogP contribution in [-0.2, 0) is 6.54 Å². The van der Waals surface area contributed by atoms with E-state index in [0.29, 0.717) is 6.04 Å². The summed E-state index contributed by atoms with van der Waals surface area (Å²) in [7, 11) is 2.19. The summed E-state index contributed by atoms with van der Waals surface area (Å²) in [6, 6.07) is 0.458. The molecule has 1 atom stereocenters. The van der Waals surface area contributed by atoms with Crippen LogP contribution in [0.1, 0.15) is 12.6 Å². The van der Waals surface area contributed by atoms with E-state index >= 15 is 0 Å². The molecule has 0 radical (unpaired) electrons. The van der Waals surface area contributed by atoms with Crippen molar-refractivity contribution in [1.29, 1.82) is 0 Å². The van der Waals surface area contributed by atoms with Crippen molar-refractivity contribution in [2.24, 2.45) is 0 Å². The van der Waals surface area contributed by atoms with Gasteiger partial charge in [-0.1, -0.05) is 0 Å². The molecule has 0 bridgehead atoms. The summed E-state index contributed by atoms with van der Waals surface area (Å²) in [4.78, 5) is 18.0. The molecule has 0 saturated carbocycles. The maximum atomic E-state index is 4.64. The zero-order chi connectivity index (χ0) is 16.1. The molecular formula is C16H24N6S. The van der Waals surface area contributed by atoms with Crippen LogP contribution in [0.15, 0.2) is 24.0 Å². The molecule has 1 aliphatic rings. The molecule has 1 unspecified atom stereocenters. The standard InChI is InChI=1S/C16H24N6S/c1-13(11-22-7-5-21(2)6-8-22)19-9-14-12-23-16(20-14)15-10-17-3-4-18-15/h3-4,10,12-13,19H,5-9,11H2,1-2H3. The van der Waals surface area contributed by atoms with E-state index in [4.69, 9.17) is 0 Å². The van der Waals surface area contributed by atoms with E-state index in [1.807, 2.05) is 0 Å². The SMILES string of the molecule is CC(CN1CCN(C)CC1)NCc1csc(-c2cnccn2)n1. The predicted octanol–water partition coefficient (Wildman–Crippen LogP) is 1.33. The number of hydrogen-bond acceptors (Lipinski definition) is 7. The molecule has 0 spiro atoms. The number of aromatic nitrogens is 3. The van der Waals surface area contributed by atoms with Crippen LogP contribution in [0, 0.1) is 0 Å². The van der Waals surface area contributed by atoms with Crippen molar-refractivity contribution in [3.8, 4) is 10.7 Å². The van der Waals surface area contributed by atoms with Gasteiger partial charge in [-0.05, 0) is 14.0 Å². The van der Waals surface area contributed by atoms with Gasteiger partial charge in [0.25, 0.3) is 0 Å². The first-order valence-electron chi connectivity index (χ1n) is 8.06. The highest BCUT2D eigenvalue weighted by atomic mass is 32.1. The van der Waals surface area contributed by atoms with Gasteiger partial charge >= 0.3 is 0 Å². The van der Waals surface area contributed by atoms with Gasteiger partial charge in [-0.25, -0.2) is 4.98 Å². The Hall–Kier alpha value is -1.41. The number of hydrogen-bond donors (Lipinski definition) is 1. The van der Waals surface area contributed by atoms with E-state index in [1.54, 1.807) is 29.9 Å². The molecule has 1 aliphatic heterocycles. The van der Waals surface area contributed by atoms with Crippen LogP contribution >= 0.6 is 11.3 Å². The first kappa shape index (κ1) is 16.4. The third-order valence-electron chi connectivity index (χ3n) is 4.09. The van der Waals surface area contributed by atoms with E-state index < -0.39 is 0 Å². The summed E-state index contributed by atoms with van der Waals surface area (Å²) in [6.45, 7) is 8.79. The Labute approximate surface area is 141 Å². The van der Waals surface area contributed by atoms with Gasteiger partial charge in [0.1, 0.15) is 10.7 Å². The number of likely N-dealkylation sites (N-methyl/N-ethyl adjacent to an activating group) is 1. The molecule has 23 heavy (non-hydrogen) atoms. The molecule has 1 fully saturated rings. The van der Waals surface area contributed by atoms with Gasteiger partial charge in [0, 0.05) is 63.1 Å². The van der Waals surface area contributed by atoms with Crippen LogP contribution in [-0.4, -0.2) is 70.6 Å². The third-order valence-corrected chi connectivity index (χ3v) is 5.01.